The van der Waals surface area contributed by atoms with Crippen LogP contribution in [0.5, 0.6) is 11.5 Å². The van der Waals surface area contributed by atoms with E-state index in [-0.39, 0.29) is 30.8 Å². The second-order valence-corrected chi connectivity index (χ2v) is 10.8. The Labute approximate surface area is 253 Å². The Balaban J connectivity index is 1.94. The lowest BCUT2D eigenvalue weighted by molar-refractivity contribution is -0.141. The van der Waals surface area contributed by atoms with Crippen LogP contribution in [0.2, 0.25) is 10.0 Å². The molecule has 0 saturated heterocycles. The van der Waals surface area contributed by atoms with Crippen LogP contribution in [0.1, 0.15) is 57.2 Å². The van der Waals surface area contributed by atoms with E-state index in [1.165, 1.54) is 0 Å². The number of halogens is 2. The number of carbonyl (C=O) groups is 2. The predicted octanol–water partition coefficient (Wildman–Crippen LogP) is 7.28. The first-order valence-corrected chi connectivity index (χ1v) is 15.0. The van der Waals surface area contributed by atoms with Gasteiger partial charge in [-0.15, -0.1) is 0 Å². The van der Waals surface area contributed by atoms with Gasteiger partial charge >= 0.3 is 0 Å². The Kier molecular flexibility index (Phi) is 12.8. The number of benzene rings is 3. The highest BCUT2D eigenvalue weighted by Gasteiger charge is 2.31. The molecular formula is C33H40Cl2N2O4. The van der Waals surface area contributed by atoms with E-state index in [0.717, 1.165) is 23.1 Å². The standard InChI is InChI=1S/C33H40Cl2N2O4/c1-5-23(4)36-33(39)29(19-24-11-9-8-10-12-24)37(22-26-15-16-27(34)21-28(26)35)32(38)18-14-25-13-17-30(40-6-2)31(20-25)41-7-3/h8-13,15-17,20-21,23,29H,5-7,14,18-19,22H2,1-4H3,(H,36,39)/t23-,29+/m1/s1. The van der Waals surface area contributed by atoms with Crippen LogP contribution < -0.4 is 14.8 Å². The molecule has 0 unspecified atom stereocenters. The number of hydrogen-bond donors (Lipinski definition) is 1. The third kappa shape index (κ3) is 9.68. The molecule has 1 N–H and O–H groups in total. The molecule has 0 saturated carbocycles. The van der Waals surface area contributed by atoms with Crippen molar-refractivity contribution < 1.29 is 19.1 Å². The SMILES string of the molecule is CCOc1ccc(CCC(=O)N(Cc2ccc(Cl)cc2Cl)[C@@H](Cc2ccccc2)C(=O)N[C@H](C)CC)cc1OCC. The van der Waals surface area contributed by atoms with Gasteiger partial charge in [0.2, 0.25) is 11.8 Å². The third-order valence-corrected chi connectivity index (χ3v) is 7.45. The number of nitrogens with one attached hydrogen (secondary N) is 1. The molecule has 220 valence electrons. The highest BCUT2D eigenvalue weighted by atomic mass is 35.5. The lowest BCUT2D eigenvalue weighted by Crippen LogP contribution is -2.52. The topological polar surface area (TPSA) is 67.9 Å². The third-order valence-electron chi connectivity index (χ3n) is 6.86. The van der Waals surface area contributed by atoms with E-state index in [9.17, 15) is 9.59 Å². The van der Waals surface area contributed by atoms with Crippen molar-refractivity contribution in [3.63, 3.8) is 0 Å². The van der Waals surface area contributed by atoms with Crippen LogP contribution in [0.3, 0.4) is 0 Å². The van der Waals surface area contributed by atoms with E-state index < -0.39 is 6.04 Å². The van der Waals surface area contributed by atoms with Gasteiger partial charge in [-0.2, -0.15) is 0 Å². The number of aryl methyl sites for hydroxylation is 1. The molecule has 3 aromatic carbocycles. The van der Waals surface area contributed by atoms with Gasteiger partial charge in [0.1, 0.15) is 6.04 Å². The Morgan fingerprint density at radius 3 is 2.24 bits per heavy atom. The van der Waals surface area contributed by atoms with E-state index in [2.05, 4.69) is 5.32 Å². The molecule has 0 aliphatic rings. The van der Waals surface area contributed by atoms with Crippen molar-refractivity contribution in [3.05, 3.63) is 93.5 Å². The minimum absolute atomic E-state index is 0.0299. The smallest absolute Gasteiger partial charge is 0.243 e. The number of hydrogen-bond acceptors (Lipinski definition) is 4. The molecule has 2 atom stereocenters. The zero-order chi connectivity index (χ0) is 29.8. The van der Waals surface area contributed by atoms with Gasteiger partial charge in [-0.05, 0) is 74.6 Å². The molecule has 0 heterocycles. The van der Waals surface area contributed by atoms with Crippen LogP contribution in [0.15, 0.2) is 66.7 Å². The van der Waals surface area contributed by atoms with Crippen molar-refractivity contribution in [3.8, 4) is 11.5 Å². The minimum Gasteiger partial charge on any atom is -0.490 e. The maximum Gasteiger partial charge on any atom is 0.243 e. The van der Waals surface area contributed by atoms with Crippen LogP contribution in [-0.2, 0) is 29.0 Å². The molecule has 0 radical (unpaired) electrons. The van der Waals surface area contributed by atoms with Gasteiger partial charge < -0.3 is 19.7 Å². The van der Waals surface area contributed by atoms with Gasteiger partial charge in [0.25, 0.3) is 0 Å². The lowest BCUT2D eigenvalue weighted by atomic mass is 10.0. The summed E-state index contributed by atoms with van der Waals surface area (Å²) in [5, 5.41) is 4.05. The van der Waals surface area contributed by atoms with Gasteiger partial charge in [0, 0.05) is 35.5 Å². The molecule has 0 aliphatic carbocycles. The first-order valence-electron chi connectivity index (χ1n) is 14.2. The number of ether oxygens (including phenoxy) is 2. The highest BCUT2D eigenvalue weighted by molar-refractivity contribution is 6.35. The van der Waals surface area contributed by atoms with Crippen molar-refractivity contribution in [2.24, 2.45) is 0 Å². The van der Waals surface area contributed by atoms with Gasteiger partial charge in [-0.3, -0.25) is 9.59 Å². The second-order valence-electron chi connectivity index (χ2n) is 9.93. The first kappa shape index (κ1) is 32.3. The average molecular weight is 600 g/mol. The molecule has 8 heteroatoms. The maximum absolute atomic E-state index is 14.0. The van der Waals surface area contributed by atoms with Crippen molar-refractivity contribution in [1.82, 2.24) is 10.2 Å². The van der Waals surface area contributed by atoms with Gasteiger partial charge in [-0.25, -0.2) is 0 Å². The summed E-state index contributed by atoms with van der Waals surface area (Å²) in [6, 6.07) is 19.9. The van der Waals surface area contributed by atoms with Gasteiger partial charge in [-0.1, -0.05) is 72.6 Å². The Hall–Kier alpha value is -3.22. The predicted molar refractivity (Wildman–Crippen MR) is 166 cm³/mol. The molecule has 41 heavy (non-hydrogen) atoms. The average Bonchev–Trinajstić information content (AvgIpc) is 2.96. The minimum atomic E-state index is -0.732. The van der Waals surface area contributed by atoms with E-state index in [1.54, 1.807) is 23.1 Å². The normalized spacial score (nSPS) is 12.3. The monoisotopic (exact) mass is 598 g/mol. The van der Waals surface area contributed by atoms with E-state index in [4.69, 9.17) is 32.7 Å². The summed E-state index contributed by atoms with van der Waals surface area (Å²) in [6.45, 7) is 9.03. The summed E-state index contributed by atoms with van der Waals surface area (Å²) >= 11 is 12.7. The van der Waals surface area contributed by atoms with Crippen LogP contribution in [0.25, 0.3) is 0 Å². The number of rotatable bonds is 15. The van der Waals surface area contributed by atoms with E-state index in [1.807, 2.05) is 76.2 Å². The molecule has 0 aliphatic heterocycles. The maximum atomic E-state index is 14.0. The summed E-state index contributed by atoms with van der Waals surface area (Å²) in [5.41, 5.74) is 2.63. The largest absolute Gasteiger partial charge is 0.490 e. The Morgan fingerprint density at radius 1 is 0.878 bits per heavy atom. The molecule has 6 nitrogen and oxygen atoms in total. The lowest BCUT2D eigenvalue weighted by Gasteiger charge is -2.32. The Morgan fingerprint density at radius 2 is 1.59 bits per heavy atom. The molecule has 0 aromatic heterocycles. The fraction of sp³-hybridized carbons (Fsp3) is 0.394. The number of nitrogens with zero attached hydrogens (tertiary/aromatic N) is 1. The molecular weight excluding hydrogens is 559 g/mol. The summed E-state index contributed by atoms with van der Waals surface area (Å²) in [7, 11) is 0. The van der Waals surface area contributed by atoms with Crippen LogP contribution in [-0.4, -0.2) is 42.0 Å². The summed E-state index contributed by atoms with van der Waals surface area (Å²) in [4.78, 5) is 29.3. The zero-order valence-electron chi connectivity index (χ0n) is 24.3. The molecule has 2 amide bonds. The summed E-state index contributed by atoms with van der Waals surface area (Å²) in [5.74, 6) is 0.983. The number of carbonyl (C=O) groups excluding carboxylic acids is 2. The molecule has 0 bridgehead atoms. The zero-order valence-corrected chi connectivity index (χ0v) is 25.8. The van der Waals surface area contributed by atoms with E-state index in [0.29, 0.717) is 47.6 Å². The van der Waals surface area contributed by atoms with Gasteiger partial charge in [0.05, 0.1) is 13.2 Å². The van der Waals surface area contributed by atoms with Crippen molar-refractivity contribution in [2.45, 2.75) is 72.0 Å². The fourth-order valence-electron chi connectivity index (χ4n) is 4.47. The second kappa shape index (κ2) is 16.3. The fourth-order valence-corrected chi connectivity index (χ4v) is 4.94. The van der Waals surface area contributed by atoms with Crippen LogP contribution >= 0.6 is 23.2 Å². The van der Waals surface area contributed by atoms with Crippen molar-refractivity contribution >= 4 is 35.0 Å². The molecule has 3 rings (SSSR count). The molecule has 0 fully saturated rings. The van der Waals surface area contributed by atoms with E-state index >= 15 is 0 Å². The van der Waals surface area contributed by atoms with Crippen LogP contribution in [0.4, 0.5) is 0 Å². The Bertz CT molecular complexity index is 1290. The van der Waals surface area contributed by atoms with Crippen molar-refractivity contribution in [2.75, 3.05) is 13.2 Å². The number of amides is 2. The summed E-state index contributed by atoms with van der Waals surface area (Å²) in [6.07, 6.45) is 1.83. The summed E-state index contributed by atoms with van der Waals surface area (Å²) < 4.78 is 11.5. The first-order chi connectivity index (χ1) is 19.7. The molecule has 3 aromatic rings. The van der Waals surface area contributed by atoms with Gasteiger partial charge in [0.15, 0.2) is 11.5 Å². The highest BCUT2D eigenvalue weighted by Crippen LogP contribution is 2.30. The quantitative estimate of drug-likeness (QED) is 0.199. The van der Waals surface area contributed by atoms with Crippen LogP contribution in [0, 0.1) is 0 Å². The van der Waals surface area contributed by atoms with Crippen molar-refractivity contribution in [1.29, 1.82) is 0 Å². The molecule has 0 spiro atoms.